The summed E-state index contributed by atoms with van der Waals surface area (Å²) >= 11 is 1.05. The number of halogens is 1. The Labute approximate surface area is 144 Å². The van der Waals surface area contributed by atoms with Crippen LogP contribution in [0.5, 0.6) is 0 Å². The second kappa shape index (κ2) is 8.53. The van der Waals surface area contributed by atoms with E-state index >= 15 is 0 Å². The lowest BCUT2D eigenvalue weighted by Crippen LogP contribution is -2.13. The maximum absolute atomic E-state index is 14.0. The van der Waals surface area contributed by atoms with Crippen LogP contribution in [0.15, 0.2) is 6.07 Å². The molecule has 0 aliphatic carbocycles. The zero-order valence-corrected chi connectivity index (χ0v) is 13.9. The minimum Gasteiger partial charge on any atom is -0.462 e. The number of nitrogens with two attached hydrogens (primary N) is 1. The van der Waals surface area contributed by atoms with Crippen molar-refractivity contribution in [3.05, 3.63) is 27.5 Å². The van der Waals surface area contributed by atoms with E-state index in [0.717, 1.165) is 11.3 Å². The van der Waals surface area contributed by atoms with Gasteiger partial charge in [0.05, 0.1) is 12.6 Å². The molecule has 0 radical (unpaired) electrons. The van der Waals surface area contributed by atoms with Crippen molar-refractivity contribution in [3.63, 3.8) is 0 Å². The Balaban J connectivity index is 0.00000288. The lowest BCUT2D eigenvalue weighted by Gasteiger charge is -2.15. The molecule has 2 aromatic rings. The van der Waals surface area contributed by atoms with Gasteiger partial charge >= 0.3 is 5.97 Å². The van der Waals surface area contributed by atoms with Crippen LogP contribution in [0.1, 0.15) is 54.1 Å². The average molecular weight is 355 g/mol. The Morgan fingerprint density at radius 2 is 2.12 bits per heavy atom. The third kappa shape index (κ3) is 4.60. The molecule has 0 aromatic carbocycles. The summed E-state index contributed by atoms with van der Waals surface area (Å²) in [6.45, 7) is 5.50. The minimum absolute atomic E-state index is 0. The van der Waals surface area contributed by atoms with E-state index in [2.05, 4.69) is 20.3 Å². The van der Waals surface area contributed by atoms with E-state index in [0.29, 0.717) is 23.1 Å². The van der Waals surface area contributed by atoms with Gasteiger partial charge in [0.1, 0.15) is 16.5 Å². The first-order chi connectivity index (χ1) is 10.9. The molecule has 7 nitrogen and oxygen atoms in total. The second-order valence-electron chi connectivity index (χ2n) is 4.72. The molecule has 2 heterocycles. The summed E-state index contributed by atoms with van der Waals surface area (Å²) in [7, 11) is 0. The fourth-order valence-electron chi connectivity index (χ4n) is 1.99. The summed E-state index contributed by atoms with van der Waals surface area (Å²) in [5.41, 5.74) is 5.60. The molecule has 2 aromatic heterocycles. The number of nitrogens with zero attached hydrogens (tertiary/aromatic N) is 3. The van der Waals surface area contributed by atoms with Crippen LogP contribution < -0.4 is 11.1 Å². The molecule has 0 amide bonds. The van der Waals surface area contributed by atoms with Gasteiger partial charge in [-0.25, -0.2) is 9.18 Å². The molecular formula is C15H22FN5O2S. The summed E-state index contributed by atoms with van der Waals surface area (Å²) in [6.07, 6.45) is 0.646. The van der Waals surface area contributed by atoms with Crippen LogP contribution in [0.4, 0.5) is 16.3 Å². The number of carbonyl (C=O) groups is 1. The molecule has 1 unspecified atom stereocenters. The highest BCUT2D eigenvalue weighted by atomic mass is 32.1. The Bertz CT molecular complexity index is 687. The predicted octanol–water partition coefficient (Wildman–Crippen LogP) is 3.34. The van der Waals surface area contributed by atoms with E-state index in [1.54, 1.807) is 13.8 Å². The van der Waals surface area contributed by atoms with Gasteiger partial charge in [-0.1, -0.05) is 14.4 Å². The largest absolute Gasteiger partial charge is 0.462 e. The van der Waals surface area contributed by atoms with E-state index in [1.165, 1.54) is 6.07 Å². The number of esters is 1. The predicted molar refractivity (Wildman–Crippen MR) is 92.6 cm³/mol. The minimum atomic E-state index is -0.656. The summed E-state index contributed by atoms with van der Waals surface area (Å²) < 4.78 is 18.8. The van der Waals surface area contributed by atoms with Gasteiger partial charge in [-0.2, -0.15) is 15.0 Å². The highest BCUT2D eigenvalue weighted by molar-refractivity contribution is 7.14. The van der Waals surface area contributed by atoms with E-state index in [-0.39, 0.29) is 30.9 Å². The molecule has 0 saturated carbocycles. The first-order valence-corrected chi connectivity index (χ1v) is 7.97. The van der Waals surface area contributed by atoms with E-state index in [4.69, 9.17) is 10.5 Å². The molecule has 9 heteroatoms. The zero-order valence-electron chi connectivity index (χ0n) is 13.1. The van der Waals surface area contributed by atoms with E-state index in [9.17, 15) is 9.18 Å². The number of hydrogen-bond donors (Lipinski definition) is 2. The molecule has 3 N–H and O–H groups in total. The third-order valence-electron chi connectivity index (χ3n) is 2.99. The van der Waals surface area contributed by atoms with Gasteiger partial charge in [-0.3, -0.25) is 0 Å². The topological polar surface area (TPSA) is 103 Å². The lowest BCUT2D eigenvalue weighted by molar-refractivity contribution is 0.0527. The number of aryl methyl sites for hydroxylation is 1. The van der Waals surface area contributed by atoms with Crippen molar-refractivity contribution in [2.24, 2.45) is 0 Å². The Hall–Kier alpha value is -2.29. The summed E-state index contributed by atoms with van der Waals surface area (Å²) in [6, 6.07) is 1.08. The van der Waals surface area contributed by atoms with Gasteiger partial charge < -0.3 is 15.8 Å². The number of nitrogen functional groups attached to an aromatic ring is 1. The molecule has 0 aliphatic heterocycles. The van der Waals surface area contributed by atoms with Crippen LogP contribution in [0, 0.1) is 12.7 Å². The van der Waals surface area contributed by atoms with Crippen molar-refractivity contribution in [2.75, 3.05) is 17.7 Å². The highest BCUT2D eigenvalue weighted by Gasteiger charge is 2.22. The normalized spacial score (nSPS) is 11.5. The first-order valence-electron chi connectivity index (χ1n) is 7.15. The third-order valence-corrected chi connectivity index (χ3v) is 4.19. The standard InChI is InChI=1S/C14H18FN5O2S.CH4/c1-4-9(19-14-18-7(3)17-13(16)20-14)10-6-8(15)11(23-10)12(21)22-5-2;/h6,9H,4-5H2,1-3H3,(H3,16,17,18,19,20);1H4. The number of anilines is 2. The van der Waals surface area contributed by atoms with Gasteiger partial charge in [-0.05, 0) is 26.3 Å². The smallest absolute Gasteiger partial charge is 0.351 e. The van der Waals surface area contributed by atoms with Crippen molar-refractivity contribution in [3.8, 4) is 0 Å². The first kappa shape index (κ1) is 19.8. The molecule has 1 atom stereocenters. The number of hydrogen-bond acceptors (Lipinski definition) is 8. The fourth-order valence-corrected chi connectivity index (χ4v) is 3.06. The quantitative estimate of drug-likeness (QED) is 0.766. The van der Waals surface area contributed by atoms with Crippen LogP contribution in [0.25, 0.3) is 0 Å². The number of ether oxygens (including phenoxy) is 1. The molecule has 24 heavy (non-hydrogen) atoms. The number of thiophene rings is 1. The van der Waals surface area contributed by atoms with Crippen LogP contribution in [-0.4, -0.2) is 27.5 Å². The Morgan fingerprint density at radius 1 is 1.42 bits per heavy atom. The van der Waals surface area contributed by atoms with Crippen molar-refractivity contribution in [1.29, 1.82) is 0 Å². The zero-order chi connectivity index (χ0) is 17.0. The highest BCUT2D eigenvalue weighted by Crippen LogP contribution is 2.30. The number of nitrogens with one attached hydrogen (secondary N) is 1. The van der Waals surface area contributed by atoms with Crippen molar-refractivity contribution in [1.82, 2.24) is 15.0 Å². The number of carbonyl (C=O) groups excluding carboxylic acids is 1. The maximum atomic E-state index is 14.0. The van der Waals surface area contributed by atoms with E-state index < -0.39 is 11.8 Å². The summed E-state index contributed by atoms with van der Waals surface area (Å²) in [4.78, 5) is 24.4. The van der Waals surface area contributed by atoms with Crippen molar-refractivity contribution < 1.29 is 13.9 Å². The molecule has 0 fully saturated rings. The maximum Gasteiger partial charge on any atom is 0.351 e. The molecule has 0 bridgehead atoms. The molecule has 0 spiro atoms. The molecule has 132 valence electrons. The van der Waals surface area contributed by atoms with Gasteiger partial charge in [0.15, 0.2) is 0 Å². The number of rotatable bonds is 6. The molecule has 2 rings (SSSR count). The van der Waals surface area contributed by atoms with Gasteiger partial charge in [0.25, 0.3) is 0 Å². The molecular weight excluding hydrogens is 333 g/mol. The van der Waals surface area contributed by atoms with Crippen LogP contribution in [-0.2, 0) is 4.74 Å². The van der Waals surface area contributed by atoms with E-state index in [1.807, 2.05) is 6.92 Å². The lowest BCUT2D eigenvalue weighted by atomic mass is 10.2. The molecule has 0 saturated heterocycles. The Morgan fingerprint density at radius 3 is 2.71 bits per heavy atom. The average Bonchev–Trinajstić information content (AvgIpc) is 2.86. The number of aromatic nitrogens is 3. The van der Waals surface area contributed by atoms with Crippen LogP contribution in [0.2, 0.25) is 0 Å². The second-order valence-corrected chi connectivity index (χ2v) is 5.80. The van der Waals surface area contributed by atoms with Crippen molar-refractivity contribution >= 4 is 29.2 Å². The van der Waals surface area contributed by atoms with Crippen LogP contribution in [0.3, 0.4) is 0 Å². The fraction of sp³-hybridized carbons (Fsp3) is 0.467. The Kier molecular flexibility index (Phi) is 7.02. The van der Waals surface area contributed by atoms with Crippen molar-refractivity contribution in [2.45, 2.75) is 40.7 Å². The van der Waals surface area contributed by atoms with Gasteiger partial charge in [0.2, 0.25) is 11.9 Å². The summed E-state index contributed by atoms with van der Waals surface area (Å²) in [5, 5.41) is 3.09. The molecule has 0 aliphatic rings. The van der Waals surface area contributed by atoms with Gasteiger partial charge in [0, 0.05) is 4.88 Å². The van der Waals surface area contributed by atoms with Crippen LogP contribution >= 0.6 is 11.3 Å². The van der Waals surface area contributed by atoms with Gasteiger partial charge in [-0.15, -0.1) is 11.3 Å². The SMILES string of the molecule is C.CCOC(=O)c1sc(C(CC)Nc2nc(C)nc(N)n2)cc1F. The monoisotopic (exact) mass is 355 g/mol. The summed E-state index contributed by atoms with van der Waals surface area (Å²) in [5.74, 6) is -0.335.